The van der Waals surface area contributed by atoms with E-state index in [2.05, 4.69) is 0 Å². The number of hydrogen-bond donors (Lipinski definition) is 0. The second kappa shape index (κ2) is 7.64. The maximum Gasteiger partial charge on any atom is 0.329 e. The quantitative estimate of drug-likeness (QED) is 0.610. The predicted molar refractivity (Wildman–Crippen MR) is 93.2 cm³/mol. The molecule has 25 heavy (non-hydrogen) atoms. The predicted octanol–water partition coefficient (Wildman–Crippen LogP) is 2.81. The van der Waals surface area contributed by atoms with E-state index in [0.717, 1.165) is 36.1 Å². The molecule has 2 amide bonds. The third-order valence-electron chi connectivity index (χ3n) is 5.04. The molecule has 3 rings (SSSR count). The van der Waals surface area contributed by atoms with Crippen molar-refractivity contribution in [1.82, 2.24) is 4.90 Å². The second-order valence-electron chi connectivity index (χ2n) is 6.66. The highest BCUT2D eigenvalue weighted by molar-refractivity contribution is 6.07. The average molecular weight is 341 g/mol. The first kappa shape index (κ1) is 17.4. The zero-order valence-corrected chi connectivity index (χ0v) is 14.4. The Bertz CT molecular complexity index is 658. The summed E-state index contributed by atoms with van der Waals surface area (Å²) in [4.78, 5) is 38.4. The van der Waals surface area contributed by atoms with E-state index in [-0.39, 0.29) is 30.3 Å². The zero-order chi connectivity index (χ0) is 17.8. The number of carbonyl (C=O) groups is 3. The van der Waals surface area contributed by atoms with E-state index >= 15 is 0 Å². The Hall–Kier alpha value is -2.43. The largest absolute Gasteiger partial charge is 0.460 e. The van der Waals surface area contributed by atoms with Crippen molar-refractivity contribution in [2.45, 2.75) is 38.6 Å². The summed E-state index contributed by atoms with van der Waals surface area (Å²) in [5, 5.41) is 0. The fourth-order valence-corrected chi connectivity index (χ4v) is 3.67. The van der Waals surface area contributed by atoms with Crippen LogP contribution in [0.25, 0.3) is 6.08 Å². The van der Waals surface area contributed by atoms with Gasteiger partial charge in [-0.3, -0.25) is 14.5 Å². The Morgan fingerprint density at radius 3 is 2.36 bits per heavy atom. The van der Waals surface area contributed by atoms with Crippen LogP contribution >= 0.6 is 0 Å². The SMILES string of the molecule is CC(C(=O)OC/C=C/c1ccccc1)N1C(=O)C2CCCCC2C1=O. The van der Waals surface area contributed by atoms with Gasteiger partial charge in [-0.15, -0.1) is 0 Å². The minimum atomic E-state index is -0.865. The molecular weight excluding hydrogens is 318 g/mol. The molecule has 1 aromatic carbocycles. The number of amides is 2. The second-order valence-corrected chi connectivity index (χ2v) is 6.66. The number of rotatable bonds is 5. The Kier molecular flexibility index (Phi) is 5.31. The number of benzene rings is 1. The summed E-state index contributed by atoms with van der Waals surface area (Å²) in [6.07, 6.45) is 7.03. The van der Waals surface area contributed by atoms with Crippen LogP contribution in [0.5, 0.6) is 0 Å². The number of carbonyl (C=O) groups excluding carboxylic acids is 3. The van der Waals surface area contributed by atoms with Gasteiger partial charge in [-0.25, -0.2) is 4.79 Å². The van der Waals surface area contributed by atoms with Gasteiger partial charge in [0, 0.05) is 0 Å². The van der Waals surface area contributed by atoms with Crippen molar-refractivity contribution in [3.63, 3.8) is 0 Å². The van der Waals surface area contributed by atoms with Crippen LogP contribution < -0.4 is 0 Å². The molecule has 132 valence electrons. The van der Waals surface area contributed by atoms with Crippen molar-refractivity contribution in [2.24, 2.45) is 11.8 Å². The number of imide groups is 1. The maximum absolute atomic E-state index is 12.5. The topological polar surface area (TPSA) is 63.7 Å². The molecule has 2 aliphatic rings. The molecule has 0 aromatic heterocycles. The Morgan fingerprint density at radius 2 is 1.76 bits per heavy atom. The molecule has 1 saturated carbocycles. The van der Waals surface area contributed by atoms with E-state index in [9.17, 15) is 14.4 Å². The molecule has 3 atom stereocenters. The molecule has 1 aromatic rings. The summed E-state index contributed by atoms with van der Waals surface area (Å²) in [5.74, 6) is -1.44. The van der Waals surface area contributed by atoms with Gasteiger partial charge in [0.1, 0.15) is 12.6 Å². The summed E-state index contributed by atoms with van der Waals surface area (Å²) in [6, 6.07) is 8.82. The van der Waals surface area contributed by atoms with E-state index in [1.54, 1.807) is 13.0 Å². The fraction of sp³-hybridized carbons (Fsp3) is 0.450. The summed E-state index contributed by atoms with van der Waals surface area (Å²) < 4.78 is 5.22. The van der Waals surface area contributed by atoms with Gasteiger partial charge < -0.3 is 4.74 Å². The molecule has 1 heterocycles. The highest BCUT2D eigenvalue weighted by Crippen LogP contribution is 2.38. The molecule has 2 fully saturated rings. The standard InChI is InChI=1S/C20H23NO4/c1-14(20(24)25-13-7-10-15-8-3-2-4-9-15)21-18(22)16-11-5-6-12-17(16)19(21)23/h2-4,7-10,14,16-17H,5-6,11-13H2,1H3/b10-7+. The van der Waals surface area contributed by atoms with Crippen LogP contribution in [0.1, 0.15) is 38.2 Å². The van der Waals surface area contributed by atoms with Gasteiger partial charge >= 0.3 is 5.97 Å². The van der Waals surface area contributed by atoms with Gasteiger partial charge in [0.25, 0.3) is 0 Å². The number of likely N-dealkylation sites (tertiary alicyclic amines) is 1. The van der Waals surface area contributed by atoms with E-state index in [0.29, 0.717) is 0 Å². The molecule has 3 unspecified atom stereocenters. The van der Waals surface area contributed by atoms with Crippen LogP contribution in [0.3, 0.4) is 0 Å². The van der Waals surface area contributed by atoms with Crippen LogP contribution in [0.4, 0.5) is 0 Å². The lowest BCUT2D eigenvalue weighted by atomic mass is 9.81. The van der Waals surface area contributed by atoms with Gasteiger partial charge in [0.15, 0.2) is 0 Å². The van der Waals surface area contributed by atoms with Crippen LogP contribution in [-0.4, -0.2) is 35.3 Å². The summed E-state index contributed by atoms with van der Waals surface area (Å²) in [7, 11) is 0. The van der Waals surface area contributed by atoms with Crippen LogP contribution in [0.15, 0.2) is 36.4 Å². The molecular formula is C20H23NO4. The van der Waals surface area contributed by atoms with Gasteiger partial charge in [0.05, 0.1) is 11.8 Å². The number of nitrogens with zero attached hydrogens (tertiary/aromatic N) is 1. The zero-order valence-electron chi connectivity index (χ0n) is 14.4. The molecule has 0 bridgehead atoms. The van der Waals surface area contributed by atoms with E-state index in [1.807, 2.05) is 36.4 Å². The molecule has 0 N–H and O–H groups in total. The minimum Gasteiger partial charge on any atom is -0.460 e. The first-order valence-corrected chi connectivity index (χ1v) is 8.84. The summed E-state index contributed by atoms with van der Waals surface area (Å²) >= 11 is 0. The van der Waals surface area contributed by atoms with Gasteiger partial charge in [0.2, 0.25) is 11.8 Å². The lowest BCUT2D eigenvalue weighted by Gasteiger charge is -2.21. The number of hydrogen-bond acceptors (Lipinski definition) is 4. The highest BCUT2D eigenvalue weighted by atomic mass is 16.5. The van der Waals surface area contributed by atoms with E-state index in [1.165, 1.54) is 0 Å². The number of esters is 1. The third kappa shape index (κ3) is 3.65. The van der Waals surface area contributed by atoms with Crippen molar-refractivity contribution < 1.29 is 19.1 Å². The minimum absolute atomic E-state index is 0.112. The Balaban J connectivity index is 1.56. The first-order chi connectivity index (χ1) is 12.1. The van der Waals surface area contributed by atoms with Gasteiger partial charge in [-0.1, -0.05) is 49.2 Å². The molecule has 0 radical (unpaired) electrons. The Labute approximate surface area is 147 Å². The molecule has 1 saturated heterocycles. The fourth-order valence-electron chi connectivity index (χ4n) is 3.67. The van der Waals surface area contributed by atoms with Crippen molar-refractivity contribution in [1.29, 1.82) is 0 Å². The van der Waals surface area contributed by atoms with Crippen molar-refractivity contribution in [2.75, 3.05) is 6.61 Å². The lowest BCUT2D eigenvalue weighted by Crippen LogP contribution is -2.44. The molecule has 0 spiro atoms. The molecule has 1 aliphatic heterocycles. The van der Waals surface area contributed by atoms with Crippen molar-refractivity contribution in [3.05, 3.63) is 42.0 Å². The maximum atomic E-state index is 12.5. The van der Waals surface area contributed by atoms with Gasteiger partial charge in [-0.05, 0) is 31.4 Å². The number of fused-ring (bicyclic) bond motifs is 1. The van der Waals surface area contributed by atoms with Crippen LogP contribution in [0.2, 0.25) is 0 Å². The van der Waals surface area contributed by atoms with Crippen molar-refractivity contribution in [3.8, 4) is 0 Å². The molecule has 5 heteroatoms. The highest BCUT2D eigenvalue weighted by Gasteiger charge is 2.51. The van der Waals surface area contributed by atoms with Crippen LogP contribution in [-0.2, 0) is 19.1 Å². The van der Waals surface area contributed by atoms with E-state index in [4.69, 9.17) is 4.74 Å². The van der Waals surface area contributed by atoms with Crippen LogP contribution in [0, 0.1) is 11.8 Å². The lowest BCUT2D eigenvalue weighted by molar-refractivity contribution is -0.157. The summed E-state index contributed by atoms with van der Waals surface area (Å²) in [6.45, 7) is 1.68. The Morgan fingerprint density at radius 1 is 1.16 bits per heavy atom. The summed E-state index contributed by atoms with van der Waals surface area (Å²) in [5.41, 5.74) is 1.01. The smallest absolute Gasteiger partial charge is 0.329 e. The first-order valence-electron chi connectivity index (χ1n) is 8.84. The normalized spacial score (nSPS) is 24.4. The van der Waals surface area contributed by atoms with E-state index < -0.39 is 12.0 Å². The molecule has 1 aliphatic carbocycles. The molecule has 5 nitrogen and oxygen atoms in total. The van der Waals surface area contributed by atoms with Gasteiger partial charge in [-0.2, -0.15) is 0 Å². The monoisotopic (exact) mass is 341 g/mol. The third-order valence-corrected chi connectivity index (χ3v) is 5.04. The number of ether oxygens (including phenoxy) is 1. The average Bonchev–Trinajstić information content (AvgIpc) is 2.90. The van der Waals surface area contributed by atoms with Crippen molar-refractivity contribution >= 4 is 23.9 Å².